The third-order valence-electron chi connectivity index (χ3n) is 11.6. The Kier molecular flexibility index (Phi) is 16.2. The van der Waals surface area contributed by atoms with Crippen molar-refractivity contribution in [3.05, 3.63) is 101 Å². The highest BCUT2D eigenvalue weighted by atomic mass is 32.2. The first kappa shape index (κ1) is 50.5. The molecule has 0 bridgehead atoms. The fourth-order valence-electron chi connectivity index (χ4n) is 8.05. The smallest absolute Gasteiger partial charge is 0.411 e. The summed E-state index contributed by atoms with van der Waals surface area (Å²) in [4.78, 5) is 92.8. The molecule has 6 rings (SSSR count). The number of likely N-dealkylation sites (tertiary alicyclic amines) is 1. The van der Waals surface area contributed by atoms with Crippen LogP contribution in [0.5, 0.6) is 0 Å². The van der Waals surface area contributed by atoms with E-state index in [0.717, 1.165) is 33.3 Å². The summed E-state index contributed by atoms with van der Waals surface area (Å²) in [7, 11) is -4.04. The molecule has 7 N–H and O–H groups in total. The van der Waals surface area contributed by atoms with Crippen LogP contribution in [0.1, 0.15) is 82.7 Å². The Morgan fingerprint density at radius 2 is 1.53 bits per heavy atom. The van der Waals surface area contributed by atoms with E-state index >= 15 is 0 Å². The Morgan fingerprint density at radius 1 is 0.868 bits per heavy atom. The second-order valence-corrected chi connectivity index (χ2v) is 19.8. The Morgan fingerprint density at radius 3 is 2.24 bits per heavy atom. The first-order valence-corrected chi connectivity index (χ1v) is 24.1. The van der Waals surface area contributed by atoms with E-state index in [1.54, 1.807) is 45.0 Å². The molecule has 5 atom stereocenters. The lowest BCUT2D eigenvalue weighted by atomic mass is 9.96. The van der Waals surface area contributed by atoms with Gasteiger partial charge in [0.05, 0.1) is 11.4 Å². The average Bonchev–Trinajstić information content (AvgIpc) is 3.93. The van der Waals surface area contributed by atoms with Gasteiger partial charge in [-0.2, -0.15) is 0 Å². The van der Waals surface area contributed by atoms with Crippen LogP contribution in [0.15, 0.2) is 88.8 Å². The molecule has 3 heterocycles. The maximum atomic E-state index is 14.4. The molecule has 19 nitrogen and oxygen atoms in total. The van der Waals surface area contributed by atoms with Crippen molar-refractivity contribution in [2.75, 3.05) is 13.1 Å². The van der Waals surface area contributed by atoms with Crippen molar-refractivity contribution in [1.29, 1.82) is 0 Å². The number of amides is 5. The fourth-order valence-corrected chi connectivity index (χ4v) is 9.00. The third kappa shape index (κ3) is 12.9. The lowest BCUT2D eigenvalue weighted by Crippen LogP contribution is -2.59. The molecule has 0 saturated carbocycles. The molecule has 1 fully saturated rings. The molecule has 4 aromatic rings. The number of fused-ring (bicyclic) bond motifs is 3. The highest BCUT2D eigenvalue weighted by Crippen LogP contribution is 2.31. The van der Waals surface area contributed by atoms with Crippen molar-refractivity contribution in [2.24, 2.45) is 10.7 Å². The summed E-state index contributed by atoms with van der Waals surface area (Å²) in [5.41, 5.74) is 9.20. The number of nitrogens with one attached hydrogen (secondary N) is 5. The van der Waals surface area contributed by atoms with Crippen molar-refractivity contribution < 1.29 is 46.7 Å². The number of H-pyrrole nitrogens is 1. The summed E-state index contributed by atoms with van der Waals surface area (Å²) in [5, 5.41) is 9.05. The SMILES string of the molecule is Cc1ccc(S(=O)(=O)NC(N)=NCCC[C@H](NC(=O)[C@H](C)NC(=O)C2Cc3c([nH]c4ccccc34)CN2C(=O)OC(C)(C)C)C(=O)N2CCCC2C(=O)N[C@@H](C)C(=O)OCc2ccccc2)cc1. The molecule has 2 aliphatic rings. The van der Waals surface area contributed by atoms with Crippen LogP contribution in [0, 0.1) is 6.92 Å². The predicted octanol–water partition coefficient (Wildman–Crippen LogP) is 3.44. The number of esters is 1. The van der Waals surface area contributed by atoms with E-state index in [-0.39, 0.29) is 62.8 Å². The maximum Gasteiger partial charge on any atom is 0.411 e. The molecule has 2 aliphatic heterocycles. The number of ether oxygens (including phenoxy) is 2. The summed E-state index contributed by atoms with van der Waals surface area (Å²) in [6.07, 6.45) is 0.258. The molecule has 1 saturated heterocycles. The number of hydrogen-bond acceptors (Lipinski definition) is 11. The zero-order chi connectivity index (χ0) is 49.3. The van der Waals surface area contributed by atoms with Gasteiger partial charge in [-0.05, 0) is 96.6 Å². The van der Waals surface area contributed by atoms with Crippen LogP contribution in [0.25, 0.3) is 10.9 Å². The minimum absolute atomic E-state index is 0.0101. The number of aromatic nitrogens is 1. The second kappa shape index (κ2) is 21.8. The minimum atomic E-state index is -4.04. The van der Waals surface area contributed by atoms with Gasteiger partial charge in [-0.25, -0.2) is 22.7 Å². The minimum Gasteiger partial charge on any atom is -0.459 e. The Balaban J connectivity index is 1.15. The van der Waals surface area contributed by atoms with Gasteiger partial charge in [0.1, 0.15) is 42.4 Å². The number of para-hydroxylation sites is 1. The van der Waals surface area contributed by atoms with Crippen LogP contribution in [0.2, 0.25) is 0 Å². The van der Waals surface area contributed by atoms with Crippen LogP contribution < -0.4 is 26.4 Å². The zero-order valence-electron chi connectivity index (χ0n) is 39.2. The predicted molar refractivity (Wildman–Crippen MR) is 253 cm³/mol. The molecule has 1 aromatic heterocycles. The number of aryl methyl sites for hydroxylation is 1. The summed E-state index contributed by atoms with van der Waals surface area (Å²) in [5.74, 6) is -3.57. The quantitative estimate of drug-likeness (QED) is 0.0410. The van der Waals surface area contributed by atoms with E-state index < -0.39 is 81.5 Å². The molecule has 5 amide bonds. The number of aliphatic imine (C=N–C) groups is 1. The molecule has 20 heteroatoms. The number of nitrogens with zero attached hydrogens (tertiary/aromatic N) is 3. The number of aromatic amines is 1. The summed E-state index contributed by atoms with van der Waals surface area (Å²) < 4.78 is 39.1. The van der Waals surface area contributed by atoms with Gasteiger partial charge in [0.15, 0.2) is 0 Å². The van der Waals surface area contributed by atoms with E-state index in [4.69, 9.17) is 15.2 Å². The van der Waals surface area contributed by atoms with Crippen LogP contribution in [0.3, 0.4) is 0 Å². The van der Waals surface area contributed by atoms with Gasteiger partial charge >= 0.3 is 12.1 Å². The van der Waals surface area contributed by atoms with E-state index in [1.165, 1.54) is 35.8 Å². The van der Waals surface area contributed by atoms with Gasteiger partial charge in [0, 0.05) is 36.1 Å². The summed E-state index contributed by atoms with van der Waals surface area (Å²) >= 11 is 0. The second-order valence-electron chi connectivity index (χ2n) is 18.1. The van der Waals surface area contributed by atoms with Gasteiger partial charge in [-0.1, -0.05) is 66.2 Å². The molecular weight excluding hydrogens is 895 g/mol. The molecule has 2 unspecified atom stereocenters. The Hall–Kier alpha value is -6.96. The number of rotatable bonds is 16. The standard InChI is InChI=1S/C48H61N9O10S/c1-29-20-22-33(23-21-29)68(64,65)55-46(49)50-24-12-18-37(44(61)56-25-13-19-39(56)42(59)52-31(3)45(62)66-28-32-14-8-7-9-15-32)54-41(58)30(2)51-43(60)40-26-35-34-16-10-11-17-36(34)53-38(35)27-57(40)47(63)67-48(4,5)6/h7-11,14-17,20-23,30-31,37,39-40,53H,12-13,18-19,24-28H2,1-6H3,(H,51,60)(H,52,59)(H,54,58)(H3,49,50,55)/t30-,31-,37-,39?,40?/m0/s1. The van der Waals surface area contributed by atoms with Crippen molar-refractivity contribution in [2.45, 2.75) is 128 Å². The van der Waals surface area contributed by atoms with Gasteiger partial charge in [0.2, 0.25) is 29.6 Å². The lowest BCUT2D eigenvalue weighted by molar-refractivity contribution is -0.149. The highest BCUT2D eigenvalue weighted by Gasteiger charge is 2.41. The van der Waals surface area contributed by atoms with Crippen LogP contribution in [-0.4, -0.2) is 114 Å². The summed E-state index contributed by atoms with van der Waals surface area (Å²) in [6, 6.07) is 17.3. The lowest BCUT2D eigenvalue weighted by Gasteiger charge is -2.36. The van der Waals surface area contributed by atoms with Gasteiger partial charge in [0.25, 0.3) is 10.0 Å². The number of hydrogen-bond donors (Lipinski definition) is 6. The first-order chi connectivity index (χ1) is 32.2. The Labute approximate surface area is 396 Å². The van der Waals surface area contributed by atoms with E-state index in [0.29, 0.717) is 6.42 Å². The Bertz CT molecular complexity index is 2630. The van der Waals surface area contributed by atoms with E-state index in [2.05, 4.69) is 30.6 Å². The first-order valence-electron chi connectivity index (χ1n) is 22.6. The number of carbonyl (C=O) groups excluding carboxylic acids is 6. The number of carbonyl (C=O) groups is 6. The number of guanidine groups is 1. The van der Waals surface area contributed by atoms with E-state index in [9.17, 15) is 37.2 Å². The number of nitrogens with two attached hydrogens (primary N) is 1. The number of benzene rings is 3. The topological polar surface area (TPSA) is 264 Å². The van der Waals surface area contributed by atoms with Crippen LogP contribution in [-0.2, 0) is 63.0 Å². The fraction of sp³-hybridized carbons (Fsp3) is 0.438. The molecular formula is C48H61N9O10S. The number of sulfonamides is 1. The monoisotopic (exact) mass is 955 g/mol. The van der Waals surface area contributed by atoms with Crippen molar-refractivity contribution in [1.82, 2.24) is 35.5 Å². The maximum absolute atomic E-state index is 14.4. The van der Waals surface area contributed by atoms with Crippen molar-refractivity contribution in [3.63, 3.8) is 0 Å². The van der Waals surface area contributed by atoms with E-state index in [1.807, 2.05) is 49.4 Å². The molecule has 0 radical (unpaired) electrons. The normalized spacial score (nSPS) is 17.6. The van der Waals surface area contributed by atoms with Crippen LogP contribution >= 0.6 is 0 Å². The van der Waals surface area contributed by atoms with Crippen molar-refractivity contribution >= 4 is 62.6 Å². The highest BCUT2D eigenvalue weighted by molar-refractivity contribution is 7.90. The molecule has 0 spiro atoms. The van der Waals surface area contributed by atoms with Gasteiger partial charge in [-0.3, -0.25) is 29.1 Å². The zero-order valence-corrected chi connectivity index (χ0v) is 40.0. The molecule has 0 aliphatic carbocycles. The molecule has 364 valence electrons. The van der Waals surface area contributed by atoms with Crippen LogP contribution in [0.4, 0.5) is 4.79 Å². The third-order valence-corrected chi connectivity index (χ3v) is 13.0. The largest absolute Gasteiger partial charge is 0.459 e. The van der Waals surface area contributed by atoms with Gasteiger partial charge < -0.3 is 41.0 Å². The molecule has 68 heavy (non-hydrogen) atoms. The average molecular weight is 956 g/mol. The van der Waals surface area contributed by atoms with Crippen molar-refractivity contribution in [3.8, 4) is 0 Å². The summed E-state index contributed by atoms with van der Waals surface area (Å²) in [6.45, 7) is 10.1. The van der Waals surface area contributed by atoms with Gasteiger partial charge in [-0.15, -0.1) is 0 Å². The molecule has 3 aromatic carbocycles.